The monoisotopic (exact) mass is 394 g/mol. The van der Waals surface area contributed by atoms with Gasteiger partial charge in [0.1, 0.15) is 11.3 Å². The van der Waals surface area contributed by atoms with E-state index in [4.69, 9.17) is 0 Å². The SMILES string of the molecule is CN(C)C(=O)Cc1cn2c(C(=O)NCC34CC5CC(CC(C5)C3)C4)cccc2n1. The molecule has 4 saturated carbocycles. The molecule has 4 fully saturated rings. The van der Waals surface area contributed by atoms with E-state index in [1.165, 1.54) is 38.5 Å². The van der Waals surface area contributed by atoms with E-state index in [-0.39, 0.29) is 18.2 Å². The zero-order valence-corrected chi connectivity index (χ0v) is 17.4. The minimum absolute atomic E-state index is 0.00113. The lowest BCUT2D eigenvalue weighted by Crippen LogP contribution is -2.51. The van der Waals surface area contributed by atoms with Crippen LogP contribution in [0.25, 0.3) is 5.65 Å². The van der Waals surface area contributed by atoms with E-state index < -0.39 is 0 Å². The second-order valence-corrected chi connectivity index (χ2v) is 9.94. The fourth-order valence-corrected chi connectivity index (χ4v) is 6.51. The first-order chi connectivity index (χ1) is 13.9. The Morgan fingerprint density at radius 3 is 2.41 bits per heavy atom. The number of aromatic nitrogens is 2. The van der Waals surface area contributed by atoms with Gasteiger partial charge in [0, 0.05) is 26.8 Å². The van der Waals surface area contributed by atoms with Gasteiger partial charge in [0.05, 0.1) is 12.1 Å². The number of rotatable bonds is 5. The van der Waals surface area contributed by atoms with Crippen molar-refractivity contribution < 1.29 is 9.59 Å². The highest BCUT2D eigenvalue weighted by Crippen LogP contribution is 2.59. The number of hydrogen-bond acceptors (Lipinski definition) is 3. The fourth-order valence-electron chi connectivity index (χ4n) is 6.51. The van der Waals surface area contributed by atoms with E-state index in [1.807, 2.05) is 28.8 Å². The summed E-state index contributed by atoms with van der Waals surface area (Å²) >= 11 is 0. The molecule has 2 aromatic rings. The number of nitrogens with zero attached hydrogens (tertiary/aromatic N) is 3. The van der Waals surface area contributed by atoms with Crippen LogP contribution < -0.4 is 5.32 Å². The third kappa shape index (κ3) is 3.43. The van der Waals surface area contributed by atoms with E-state index in [0.29, 0.717) is 22.5 Å². The minimum atomic E-state index is -0.0470. The summed E-state index contributed by atoms with van der Waals surface area (Å²) in [7, 11) is 3.48. The van der Waals surface area contributed by atoms with Crippen molar-refractivity contribution in [1.82, 2.24) is 19.6 Å². The van der Waals surface area contributed by atoms with Gasteiger partial charge in [-0.2, -0.15) is 0 Å². The number of fused-ring (bicyclic) bond motifs is 1. The summed E-state index contributed by atoms with van der Waals surface area (Å²) in [6, 6.07) is 5.57. The summed E-state index contributed by atoms with van der Waals surface area (Å²) in [5.41, 5.74) is 2.29. The lowest BCUT2D eigenvalue weighted by atomic mass is 9.49. The number of imidazole rings is 1. The second-order valence-electron chi connectivity index (χ2n) is 9.94. The molecule has 0 spiro atoms. The van der Waals surface area contributed by atoms with Gasteiger partial charge in [0.25, 0.3) is 5.91 Å². The van der Waals surface area contributed by atoms with Gasteiger partial charge in [-0.15, -0.1) is 0 Å². The van der Waals surface area contributed by atoms with E-state index in [1.54, 1.807) is 19.0 Å². The van der Waals surface area contributed by atoms with Gasteiger partial charge in [-0.1, -0.05) is 6.07 Å². The van der Waals surface area contributed by atoms with Crippen molar-refractivity contribution in [2.45, 2.75) is 44.9 Å². The predicted molar refractivity (Wildman–Crippen MR) is 111 cm³/mol. The van der Waals surface area contributed by atoms with Gasteiger partial charge in [-0.05, 0) is 73.8 Å². The number of amides is 2. The van der Waals surface area contributed by atoms with Gasteiger partial charge in [0.15, 0.2) is 0 Å². The molecule has 6 heteroatoms. The Bertz CT molecular complexity index is 926. The molecule has 4 aliphatic carbocycles. The largest absolute Gasteiger partial charge is 0.350 e. The zero-order chi connectivity index (χ0) is 20.2. The Kier molecular flexibility index (Phi) is 4.41. The number of hydrogen-bond donors (Lipinski definition) is 1. The molecule has 29 heavy (non-hydrogen) atoms. The molecule has 0 unspecified atom stereocenters. The highest BCUT2D eigenvalue weighted by Gasteiger charge is 2.50. The van der Waals surface area contributed by atoms with Crippen LogP contribution in [0.1, 0.15) is 54.7 Å². The third-order valence-corrected chi connectivity index (χ3v) is 7.39. The highest BCUT2D eigenvalue weighted by molar-refractivity contribution is 5.93. The van der Waals surface area contributed by atoms with E-state index >= 15 is 0 Å². The van der Waals surface area contributed by atoms with Crippen molar-refractivity contribution in [2.75, 3.05) is 20.6 Å². The second kappa shape index (κ2) is 6.85. The predicted octanol–water partition coefficient (Wildman–Crippen LogP) is 2.91. The van der Waals surface area contributed by atoms with Gasteiger partial charge in [-0.3, -0.25) is 14.0 Å². The van der Waals surface area contributed by atoms with E-state index in [2.05, 4.69) is 10.3 Å². The summed E-state index contributed by atoms with van der Waals surface area (Å²) in [6.45, 7) is 0.784. The van der Waals surface area contributed by atoms with Crippen molar-refractivity contribution in [3.8, 4) is 0 Å². The van der Waals surface area contributed by atoms with Crippen LogP contribution in [0.15, 0.2) is 24.4 Å². The maximum absolute atomic E-state index is 13.1. The molecule has 0 atom stereocenters. The Labute approximate surface area is 171 Å². The average molecular weight is 395 g/mol. The average Bonchev–Trinajstić information content (AvgIpc) is 3.07. The molecular weight excluding hydrogens is 364 g/mol. The molecule has 6 rings (SSSR count). The first kappa shape index (κ1) is 18.6. The number of pyridine rings is 1. The normalized spacial score (nSPS) is 29.9. The summed E-state index contributed by atoms with van der Waals surface area (Å²) in [5.74, 6) is 2.60. The molecule has 2 aromatic heterocycles. The summed E-state index contributed by atoms with van der Waals surface area (Å²) < 4.78 is 1.81. The van der Waals surface area contributed by atoms with Crippen molar-refractivity contribution in [1.29, 1.82) is 0 Å². The van der Waals surface area contributed by atoms with E-state index in [9.17, 15) is 9.59 Å². The van der Waals surface area contributed by atoms with Crippen molar-refractivity contribution >= 4 is 17.5 Å². The summed E-state index contributed by atoms with van der Waals surface area (Å²) in [4.78, 5) is 31.2. The lowest BCUT2D eigenvalue weighted by molar-refractivity contribution is -0.128. The Balaban J connectivity index is 1.32. The molecule has 6 nitrogen and oxygen atoms in total. The van der Waals surface area contributed by atoms with Crippen LogP contribution in [0.3, 0.4) is 0 Å². The maximum Gasteiger partial charge on any atom is 0.268 e. The van der Waals surface area contributed by atoms with Crippen LogP contribution in [-0.2, 0) is 11.2 Å². The Morgan fingerprint density at radius 2 is 1.79 bits per heavy atom. The van der Waals surface area contributed by atoms with Crippen molar-refractivity contribution in [3.63, 3.8) is 0 Å². The minimum Gasteiger partial charge on any atom is -0.350 e. The molecule has 4 aliphatic rings. The van der Waals surface area contributed by atoms with Gasteiger partial charge >= 0.3 is 0 Å². The molecule has 0 saturated heterocycles. The number of carbonyl (C=O) groups excluding carboxylic acids is 2. The zero-order valence-electron chi connectivity index (χ0n) is 17.4. The van der Waals surface area contributed by atoms with Crippen LogP contribution in [0.2, 0.25) is 0 Å². The fraction of sp³-hybridized carbons (Fsp3) is 0.609. The van der Waals surface area contributed by atoms with Crippen LogP contribution in [-0.4, -0.2) is 46.7 Å². The Hall–Kier alpha value is -2.37. The summed E-state index contributed by atoms with van der Waals surface area (Å²) in [6.07, 6.45) is 10.1. The third-order valence-electron chi connectivity index (χ3n) is 7.39. The van der Waals surface area contributed by atoms with Gasteiger partial charge in [0.2, 0.25) is 5.91 Å². The summed E-state index contributed by atoms with van der Waals surface area (Å²) in [5, 5.41) is 3.25. The van der Waals surface area contributed by atoms with Gasteiger partial charge < -0.3 is 10.2 Å². The molecule has 0 aromatic carbocycles. The van der Waals surface area contributed by atoms with Crippen molar-refractivity contribution in [2.24, 2.45) is 23.2 Å². The quantitative estimate of drug-likeness (QED) is 0.848. The number of carbonyl (C=O) groups is 2. The topological polar surface area (TPSA) is 66.7 Å². The maximum atomic E-state index is 13.1. The van der Waals surface area contributed by atoms with Crippen LogP contribution >= 0.6 is 0 Å². The Morgan fingerprint density at radius 1 is 1.14 bits per heavy atom. The molecular formula is C23H30N4O2. The molecule has 1 N–H and O–H groups in total. The molecule has 2 amide bonds. The van der Waals surface area contributed by atoms with Crippen LogP contribution in [0.5, 0.6) is 0 Å². The molecule has 0 radical (unpaired) electrons. The van der Waals surface area contributed by atoms with E-state index in [0.717, 1.165) is 24.3 Å². The van der Waals surface area contributed by atoms with Crippen LogP contribution in [0.4, 0.5) is 0 Å². The molecule has 154 valence electrons. The molecule has 2 heterocycles. The van der Waals surface area contributed by atoms with Gasteiger partial charge in [-0.25, -0.2) is 4.98 Å². The number of nitrogens with one attached hydrogen (secondary N) is 1. The lowest BCUT2D eigenvalue weighted by Gasteiger charge is -2.56. The molecule has 4 bridgehead atoms. The highest BCUT2D eigenvalue weighted by atomic mass is 16.2. The standard InChI is InChI=1S/C23H30N4O2/c1-26(2)21(28)9-18-13-27-19(4-3-5-20(27)25-18)22(29)24-14-23-10-15-6-16(11-23)8-17(7-15)12-23/h3-5,13,15-17H,6-12,14H2,1-2H3,(H,24,29). The molecule has 0 aliphatic heterocycles. The first-order valence-electron chi connectivity index (χ1n) is 10.9. The van der Waals surface area contributed by atoms with Crippen LogP contribution in [0, 0.1) is 23.2 Å². The smallest absolute Gasteiger partial charge is 0.268 e. The number of likely N-dealkylation sites (N-methyl/N-ethyl adjacent to an activating group) is 1. The first-order valence-corrected chi connectivity index (χ1v) is 10.9. The van der Waals surface area contributed by atoms with Crippen molar-refractivity contribution in [3.05, 3.63) is 35.8 Å².